The lowest BCUT2D eigenvalue weighted by molar-refractivity contribution is 0.116. The van der Waals surface area contributed by atoms with Crippen molar-refractivity contribution in [3.05, 3.63) is 0 Å². The van der Waals surface area contributed by atoms with E-state index in [1.165, 1.54) is 32.1 Å². The van der Waals surface area contributed by atoms with E-state index in [0.29, 0.717) is 18.6 Å². The Labute approximate surface area is 93.2 Å². The summed E-state index contributed by atoms with van der Waals surface area (Å²) < 4.78 is 0. The summed E-state index contributed by atoms with van der Waals surface area (Å²) in [6.45, 7) is 5.63. The van der Waals surface area contributed by atoms with Crippen LogP contribution in [0.2, 0.25) is 0 Å². The first-order chi connectivity index (χ1) is 7.09. The molecule has 3 N–H and O–H groups in total. The van der Waals surface area contributed by atoms with Crippen molar-refractivity contribution >= 4 is 0 Å². The molecular formula is C13H25NO. The summed E-state index contributed by atoms with van der Waals surface area (Å²) in [6.07, 6.45) is 6.50. The van der Waals surface area contributed by atoms with Crippen LogP contribution < -0.4 is 5.73 Å². The standard InChI is InChI=1S/C13H25NO/c1-10(2)11-4-3-5-12(6-11)7-13(12,8-14)9-15/h10-11,15H,3-9,14H2,1-2H3. The van der Waals surface area contributed by atoms with E-state index in [0.717, 1.165) is 11.8 Å². The molecule has 0 bridgehead atoms. The third-order valence-corrected chi connectivity index (χ3v) is 5.20. The maximum atomic E-state index is 9.52. The van der Waals surface area contributed by atoms with Crippen LogP contribution in [0.1, 0.15) is 46.0 Å². The van der Waals surface area contributed by atoms with Crippen LogP contribution in [0.25, 0.3) is 0 Å². The minimum Gasteiger partial charge on any atom is -0.396 e. The Morgan fingerprint density at radius 3 is 2.67 bits per heavy atom. The molecule has 2 aliphatic rings. The molecular weight excluding hydrogens is 186 g/mol. The molecule has 15 heavy (non-hydrogen) atoms. The smallest absolute Gasteiger partial charge is 0.0505 e. The summed E-state index contributed by atoms with van der Waals surface area (Å²) in [5.41, 5.74) is 6.36. The summed E-state index contributed by atoms with van der Waals surface area (Å²) in [4.78, 5) is 0. The highest BCUT2D eigenvalue weighted by molar-refractivity contribution is 5.16. The Kier molecular flexibility index (Phi) is 2.85. The van der Waals surface area contributed by atoms with E-state index >= 15 is 0 Å². The van der Waals surface area contributed by atoms with Gasteiger partial charge in [0.25, 0.3) is 0 Å². The van der Waals surface area contributed by atoms with E-state index in [1.54, 1.807) is 0 Å². The summed E-state index contributed by atoms with van der Waals surface area (Å²) in [5.74, 6) is 1.65. The second kappa shape index (κ2) is 3.74. The fourth-order valence-electron chi connectivity index (χ4n) is 3.80. The predicted octanol–water partition coefficient (Wildman–Crippen LogP) is 2.16. The van der Waals surface area contributed by atoms with Crippen molar-refractivity contribution < 1.29 is 5.11 Å². The van der Waals surface area contributed by atoms with Crippen LogP contribution in [0.3, 0.4) is 0 Å². The third-order valence-electron chi connectivity index (χ3n) is 5.20. The van der Waals surface area contributed by atoms with E-state index in [1.807, 2.05) is 0 Å². The largest absolute Gasteiger partial charge is 0.396 e. The van der Waals surface area contributed by atoms with Crippen LogP contribution in [0.4, 0.5) is 0 Å². The Morgan fingerprint density at radius 2 is 2.20 bits per heavy atom. The third kappa shape index (κ3) is 1.62. The number of rotatable bonds is 3. The lowest BCUT2D eigenvalue weighted by atomic mass is 9.71. The molecule has 88 valence electrons. The average Bonchev–Trinajstić information content (AvgIpc) is 2.86. The molecule has 2 saturated carbocycles. The van der Waals surface area contributed by atoms with Crippen LogP contribution in [-0.2, 0) is 0 Å². The fraction of sp³-hybridized carbons (Fsp3) is 1.00. The van der Waals surface area contributed by atoms with Gasteiger partial charge in [0.2, 0.25) is 0 Å². The van der Waals surface area contributed by atoms with Gasteiger partial charge in [0, 0.05) is 12.0 Å². The first-order valence-electron chi connectivity index (χ1n) is 6.40. The summed E-state index contributed by atoms with van der Waals surface area (Å²) >= 11 is 0. The topological polar surface area (TPSA) is 46.2 Å². The van der Waals surface area contributed by atoms with Gasteiger partial charge in [-0.25, -0.2) is 0 Å². The highest BCUT2D eigenvalue weighted by atomic mass is 16.3. The molecule has 3 atom stereocenters. The van der Waals surface area contributed by atoms with Gasteiger partial charge < -0.3 is 10.8 Å². The molecule has 2 rings (SSSR count). The number of aliphatic hydroxyl groups excluding tert-OH is 1. The van der Waals surface area contributed by atoms with Gasteiger partial charge in [-0.2, -0.15) is 0 Å². The molecule has 0 aliphatic heterocycles. The fourth-order valence-corrected chi connectivity index (χ4v) is 3.80. The van der Waals surface area contributed by atoms with Crippen molar-refractivity contribution in [3.63, 3.8) is 0 Å². The van der Waals surface area contributed by atoms with Gasteiger partial charge in [-0.15, -0.1) is 0 Å². The molecule has 0 aromatic rings. The Morgan fingerprint density at radius 1 is 1.47 bits per heavy atom. The second-order valence-electron chi connectivity index (χ2n) is 6.20. The van der Waals surface area contributed by atoms with Crippen molar-refractivity contribution in [2.24, 2.45) is 28.4 Å². The van der Waals surface area contributed by atoms with Crippen molar-refractivity contribution in [2.75, 3.05) is 13.2 Å². The Bertz CT molecular complexity index is 235. The van der Waals surface area contributed by atoms with Gasteiger partial charge in [-0.05, 0) is 36.5 Å². The molecule has 0 heterocycles. The van der Waals surface area contributed by atoms with Gasteiger partial charge in [0.15, 0.2) is 0 Å². The highest BCUT2D eigenvalue weighted by Gasteiger charge is 2.66. The van der Waals surface area contributed by atoms with Crippen molar-refractivity contribution in [1.29, 1.82) is 0 Å². The number of hydrogen-bond acceptors (Lipinski definition) is 2. The van der Waals surface area contributed by atoms with E-state index in [4.69, 9.17) is 5.73 Å². The molecule has 3 unspecified atom stereocenters. The van der Waals surface area contributed by atoms with E-state index in [-0.39, 0.29) is 5.41 Å². The van der Waals surface area contributed by atoms with Gasteiger partial charge >= 0.3 is 0 Å². The zero-order valence-corrected chi connectivity index (χ0v) is 10.1. The van der Waals surface area contributed by atoms with Crippen LogP contribution in [0, 0.1) is 22.7 Å². The number of aliphatic hydroxyl groups is 1. The zero-order chi connectivity index (χ0) is 11.1. The zero-order valence-electron chi connectivity index (χ0n) is 10.1. The van der Waals surface area contributed by atoms with Gasteiger partial charge in [-0.1, -0.05) is 26.7 Å². The highest BCUT2D eigenvalue weighted by Crippen LogP contribution is 2.70. The summed E-state index contributed by atoms with van der Waals surface area (Å²) in [5, 5.41) is 9.52. The molecule has 0 radical (unpaired) electrons. The molecule has 0 amide bonds. The van der Waals surface area contributed by atoms with Gasteiger partial charge in [0.1, 0.15) is 0 Å². The van der Waals surface area contributed by atoms with Gasteiger partial charge in [0.05, 0.1) is 6.61 Å². The lowest BCUT2D eigenvalue weighted by Crippen LogP contribution is -2.31. The van der Waals surface area contributed by atoms with Crippen LogP contribution in [-0.4, -0.2) is 18.3 Å². The Balaban J connectivity index is 2.06. The summed E-state index contributed by atoms with van der Waals surface area (Å²) in [6, 6.07) is 0. The molecule has 0 saturated heterocycles. The van der Waals surface area contributed by atoms with Crippen LogP contribution in [0.5, 0.6) is 0 Å². The number of nitrogens with two attached hydrogens (primary N) is 1. The molecule has 0 aromatic carbocycles. The normalized spacial score (nSPS) is 45.0. The molecule has 2 heteroatoms. The summed E-state index contributed by atoms with van der Waals surface area (Å²) in [7, 11) is 0. The van der Waals surface area contributed by atoms with Crippen LogP contribution in [0.15, 0.2) is 0 Å². The average molecular weight is 211 g/mol. The SMILES string of the molecule is CC(C)C1CCCC2(C1)CC2(CN)CO. The van der Waals surface area contributed by atoms with E-state index in [9.17, 15) is 5.11 Å². The molecule has 2 fully saturated rings. The predicted molar refractivity (Wildman–Crippen MR) is 62.4 cm³/mol. The molecule has 1 spiro atoms. The minimum atomic E-state index is 0.0978. The molecule has 2 nitrogen and oxygen atoms in total. The molecule has 0 aromatic heterocycles. The van der Waals surface area contributed by atoms with Crippen molar-refractivity contribution in [1.82, 2.24) is 0 Å². The van der Waals surface area contributed by atoms with E-state index < -0.39 is 0 Å². The minimum absolute atomic E-state index is 0.0978. The van der Waals surface area contributed by atoms with Crippen molar-refractivity contribution in [2.45, 2.75) is 46.0 Å². The number of hydrogen-bond donors (Lipinski definition) is 2. The van der Waals surface area contributed by atoms with Crippen LogP contribution >= 0.6 is 0 Å². The maximum absolute atomic E-state index is 9.52. The lowest BCUT2D eigenvalue weighted by Gasteiger charge is -2.35. The maximum Gasteiger partial charge on any atom is 0.0505 e. The van der Waals surface area contributed by atoms with Gasteiger partial charge in [-0.3, -0.25) is 0 Å². The molecule has 2 aliphatic carbocycles. The van der Waals surface area contributed by atoms with E-state index in [2.05, 4.69) is 13.8 Å². The first-order valence-corrected chi connectivity index (χ1v) is 6.40. The van der Waals surface area contributed by atoms with Crippen molar-refractivity contribution in [3.8, 4) is 0 Å². The second-order valence-corrected chi connectivity index (χ2v) is 6.20. The quantitative estimate of drug-likeness (QED) is 0.751. The first kappa shape index (κ1) is 11.4. The Hall–Kier alpha value is -0.0800. The monoisotopic (exact) mass is 211 g/mol.